The molecule has 0 radical (unpaired) electrons. The van der Waals surface area contributed by atoms with Crippen LogP contribution in [0.3, 0.4) is 0 Å². The van der Waals surface area contributed by atoms with Gasteiger partial charge in [-0.2, -0.15) is 0 Å². The third-order valence-corrected chi connectivity index (χ3v) is 3.13. The van der Waals surface area contributed by atoms with Gasteiger partial charge in [0.25, 0.3) is 0 Å². The molecule has 0 saturated carbocycles. The van der Waals surface area contributed by atoms with Gasteiger partial charge in [-0.25, -0.2) is 0 Å². The Morgan fingerprint density at radius 1 is 1.05 bits per heavy atom. The van der Waals surface area contributed by atoms with E-state index in [9.17, 15) is 0 Å². The molecule has 0 bridgehead atoms. The van der Waals surface area contributed by atoms with E-state index in [2.05, 4.69) is 10.0 Å². The minimum Gasteiger partial charge on any atom is -0.122 e. The summed E-state index contributed by atoms with van der Waals surface area (Å²) >= 11 is 11.5. The smallest absolute Gasteiger partial charge is 0.122 e. The average Bonchev–Trinajstić information content (AvgIpc) is 2.50. The highest BCUT2D eigenvalue weighted by molar-refractivity contribution is 6.23. The summed E-state index contributed by atoms with van der Waals surface area (Å²) in [5, 5.41) is 3.47. The van der Waals surface area contributed by atoms with Crippen LogP contribution in [0.5, 0.6) is 0 Å². The molecule has 0 aliphatic heterocycles. The van der Waals surface area contributed by atoms with Crippen LogP contribution in [0, 0.1) is 0 Å². The number of hydrogen-bond acceptors (Lipinski definition) is 1. The first-order chi connectivity index (χ1) is 9.60. The molecule has 3 nitrogen and oxygen atoms in total. The molecule has 0 saturated heterocycles. The van der Waals surface area contributed by atoms with Crippen LogP contribution in [0.4, 0.5) is 0 Å². The molecule has 2 aromatic rings. The Labute approximate surface area is 128 Å². The lowest BCUT2D eigenvalue weighted by molar-refractivity contribution is 0.713. The molecule has 0 heterocycles. The summed E-state index contributed by atoms with van der Waals surface area (Å²) in [4.78, 5) is 1.70. The molecule has 0 aromatic heterocycles. The van der Waals surface area contributed by atoms with Gasteiger partial charge in [0.15, 0.2) is 0 Å². The number of azide groups is 1. The molecule has 2 aromatic carbocycles. The number of nitrogens with zero attached hydrogens (tertiary/aromatic N) is 3. The summed E-state index contributed by atoms with van der Waals surface area (Å²) < 4.78 is 0. The summed E-state index contributed by atoms with van der Waals surface area (Å²) in [7, 11) is 0. The normalized spacial score (nSPS) is 12.3. The summed E-state index contributed by atoms with van der Waals surface area (Å²) in [6.45, 7) is 1.66. The van der Waals surface area contributed by atoms with Gasteiger partial charge < -0.3 is 0 Å². The molecule has 104 valence electrons. The number of alkyl halides is 2. The Hall–Kier alpha value is -1.67. The Morgan fingerprint density at radius 2 is 1.55 bits per heavy atom. The van der Waals surface area contributed by atoms with Crippen molar-refractivity contribution in [3.05, 3.63) is 82.2 Å². The van der Waals surface area contributed by atoms with Crippen LogP contribution in [0.25, 0.3) is 10.4 Å². The van der Waals surface area contributed by atoms with E-state index in [1.165, 1.54) is 5.56 Å². The number of benzene rings is 2. The van der Waals surface area contributed by atoms with E-state index in [4.69, 9.17) is 28.7 Å². The van der Waals surface area contributed by atoms with Crippen molar-refractivity contribution in [1.82, 2.24) is 0 Å². The summed E-state index contributed by atoms with van der Waals surface area (Å²) in [5.74, 6) is 0.612. The van der Waals surface area contributed by atoms with E-state index in [-0.39, 0.29) is 0 Å². The lowest BCUT2D eigenvalue weighted by Gasteiger charge is -2.14. The van der Waals surface area contributed by atoms with Crippen molar-refractivity contribution in [2.45, 2.75) is 17.8 Å². The largest absolute Gasteiger partial charge is 0.145 e. The van der Waals surface area contributed by atoms with Gasteiger partial charge in [-0.05, 0) is 23.6 Å². The predicted molar refractivity (Wildman–Crippen MR) is 84.8 cm³/mol. The molecule has 0 fully saturated rings. The van der Waals surface area contributed by atoms with Gasteiger partial charge in [-0.1, -0.05) is 65.8 Å². The standard InChI is InChI=1S/C8H8ClN3.C7H7Cl/c1-8(9,11-12-10)7-5-3-2-4-6-7;8-6-7-4-2-1-3-5-7/h2-6H,1H3;1-5H,6H2. The van der Waals surface area contributed by atoms with E-state index < -0.39 is 5.00 Å². The fourth-order valence-corrected chi connectivity index (χ4v) is 1.79. The fraction of sp³-hybridized carbons (Fsp3) is 0.200. The topological polar surface area (TPSA) is 48.8 Å². The zero-order valence-corrected chi connectivity index (χ0v) is 12.6. The van der Waals surface area contributed by atoms with Crippen LogP contribution in [-0.4, -0.2) is 0 Å². The molecule has 20 heavy (non-hydrogen) atoms. The molecule has 2 rings (SSSR count). The average molecular weight is 308 g/mol. The Morgan fingerprint density at radius 3 is 1.95 bits per heavy atom. The minimum atomic E-state index is -0.976. The fourth-order valence-electron chi connectivity index (χ4n) is 1.45. The van der Waals surface area contributed by atoms with Gasteiger partial charge in [-0.15, -0.1) is 23.2 Å². The van der Waals surface area contributed by atoms with Crippen molar-refractivity contribution in [1.29, 1.82) is 0 Å². The maximum atomic E-state index is 8.24. The molecule has 1 unspecified atom stereocenters. The Kier molecular flexibility index (Phi) is 6.96. The highest BCUT2D eigenvalue weighted by atomic mass is 35.5. The van der Waals surface area contributed by atoms with Crippen molar-refractivity contribution in [3.8, 4) is 0 Å². The van der Waals surface area contributed by atoms with E-state index in [1.807, 2.05) is 60.7 Å². The first kappa shape index (κ1) is 16.4. The second-order valence-corrected chi connectivity index (χ2v) is 5.13. The van der Waals surface area contributed by atoms with Gasteiger partial charge in [0.05, 0.1) is 0 Å². The van der Waals surface area contributed by atoms with Gasteiger partial charge >= 0.3 is 0 Å². The van der Waals surface area contributed by atoms with Gasteiger partial charge in [-0.3, -0.25) is 0 Å². The first-order valence-electron chi connectivity index (χ1n) is 6.00. The molecule has 0 amide bonds. The van der Waals surface area contributed by atoms with Crippen LogP contribution in [0.1, 0.15) is 18.1 Å². The van der Waals surface area contributed by atoms with Crippen LogP contribution >= 0.6 is 23.2 Å². The molecule has 0 N–H and O–H groups in total. The van der Waals surface area contributed by atoms with E-state index in [1.54, 1.807) is 6.92 Å². The van der Waals surface area contributed by atoms with Crippen LogP contribution in [0.2, 0.25) is 0 Å². The zero-order valence-electron chi connectivity index (χ0n) is 11.1. The lowest BCUT2D eigenvalue weighted by atomic mass is 10.1. The van der Waals surface area contributed by atoms with Gasteiger partial charge in [0, 0.05) is 10.8 Å². The summed E-state index contributed by atoms with van der Waals surface area (Å²) in [6, 6.07) is 19.2. The van der Waals surface area contributed by atoms with Crippen molar-refractivity contribution in [2.75, 3.05) is 0 Å². The zero-order chi connectivity index (χ0) is 14.8. The van der Waals surface area contributed by atoms with E-state index >= 15 is 0 Å². The highest BCUT2D eigenvalue weighted by Gasteiger charge is 2.20. The summed E-state index contributed by atoms with van der Waals surface area (Å²) in [6.07, 6.45) is 0. The van der Waals surface area contributed by atoms with Crippen molar-refractivity contribution in [2.24, 2.45) is 5.11 Å². The number of rotatable bonds is 3. The van der Waals surface area contributed by atoms with E-state index in [0.717, 1.165) is 5.56 Å². The quantitative estimate of drug-likeness (QED) is 0.225. The first-order valence-corrected chi connectivity index (χ1v) is 6.92. The van der Waals surface area contributed by atoms with Gasteiger partial charge in [0.2, 0.25) is 0 Å². The molecule has 5 heteroatoms. The predicted octanol–water partition coefficient (Wildman–Crippen LogP) is 5.83. The second kappa shape index (κ2) is 8.49. The molecular formula is C15H15Cl2N3. The second-order valence-electron chi connectivity index (χ2n) is 4.13. The Balaban J connectivity index is 0.000000217. The third-order valence-electron chi connectivity index (χ3n) is 2.53. The van der Waals surface area contributed by atoms with Crippen molar-refractivity contribution in [3.63, 3.8) is 0 Å². The molecular weight excluding hydrogens is 293 g/mol. The summed E-state index contributed by atoms with van der Waals surface area (Å²) in [5.41, 5.74) is 10.2. The monoisotopic (exact) mass is 307 g/mol. The molecule has 0 aliphatic carbocycles. The third kappa shape index (κ3) is 5.54. The number of halogens is 2. The van der Waals surface area contributed by atoms with Crippen LogP contribution in [-0.2, 0) is 10.9 Å². The maximum absolute atomic E-state index is 8.24. The lowest BCUT2D eigenvalue weighted by Crippen LogP contribution is -2.07. The number of hydrogen-bond donors (Lipinski definition) is 0. The highest BCUT2D eigenvalue weighted by Crippen LogP contribution is 2.29. The minimum absolute atomic E-state index is 0.612. The SMILES string of the molecule is CC(Cl)(N=[N+]=[N-])c1ccccc1.ClCc1ccccc1. The van der Waals surface area contributed by atoms with E-state index in [0.29, 0.717) is 5.88 Å². The maximum Gasteiger partial charge on any atom is 0.145 e. The van der Waals surface area contributed by atoms with Crippen molar-refractivity contribution < 1.29 is 0 Å². The van der Waals surface area contributed by atoms with Crippen LogP contribution in [0.15, 0.2) is 65.8 Å². The Bertz CT molecular complexity index is 550. The van der Waals surface area contributed by atoms with Crippen molar-refractivity contribution >= 4 is 23.2 Å². The molecule has 0 aliphatic rings. The van der Waals surface area contributed by atoms with Gasteiger partial charge in [0.1, 0.15) is 5.00 Å². The molecule has 0 spiro atoms. The molecule has 1 atom stereocenters. The van der Waals surface area contributed by atoms with Crippen LogP contribution < -0.4 is 0 Å².